The summed E-state index contributed by atoms with van der Waals surface area (Å²) in [4.78, 5) is 17.5. The number of para-hydroxylation sites is 3. The Balaban J connectivity index is 2.19. The Morgan fingerprint density at radius 1 is 1.17 bits per heavy atom. The normalized spacial score (nSPS) is 13.8. The van der Waals surface area contributed by atoms with Gasteiger partial charge in [0.15, 0.2) is 5.69 Å². The molecular weight excluding hydrogens is 372 g/mol. The van der Waals surface area contributed by atoms with Crippen LogP contribution in [-0.2, 0) is 6.54 Å². The van der Waals surface area contributed by atoms with Crippen LogP contribution < -0.4 is 11.0 Å². The van der Waals surface area contributed by atoms with Crippen molar-refractivity contribution in [2.75, 3.05) is 12.0 Å². The van der Waals surface area contributed by atoms with Crippen LogP contribution >= 0.6 is 0 Å². The van der Waals surface area contributed by atoms with Crippen LogP contribution in [0.1, 0.15) is 5.69 Å². The van der Waals surface area contributed by atoms with Crippen molar-refractivity contribution in [3.8, 4) is 0 Å². The summed E-state index contributed by atoms with van der Waals surface area (Å²) in [7, 11) is 0. The van der Waals surface area contributed by atoms with E-state index in [1.807, 2.05) is 6.07 Å². The van der Waals surface area contributed by atoms with Gasteiger partial charge in [-0.3, -0.25) is 10.2 Å². The number of rotatable bonds is 8. The molecule has 1 heterocycles. The number of fused-ring (bicyclic) bond motifs is 1. The Hall–Kier alpha value is -3.33. The average Bonchev–Trinajstić information content (AvgIpc) is 2.76. The Bertz CT molecular complexity index is 1080. The molecule has 3 rings (SSSR count). The molecule has 4 N–H and O–H groups in total. The maximum atomic E-state index is 13.1. The fourth-order valence-electron chi connectivity index (χ4n) is 2.85. The van der Waals surface area contributed by atoms with Gasteiger partial charge in [0.25, 0.3) is 5.56 Å². The van der Waals surface area contributed by atoms with E-state index >= 15 is 0 Å². The van der Waals surface area contributed by atoms with Crippen LogP contribution in [0.3, 0.4) is 0 Å². The summed E-state index contributed by atoms with van der Waals surface area (Å²) in [6.07, 6.45) is -1.59. The van der Waals surface area contributed by atoms with E-state index in [9.17, 15) is 20.1 Å². The largest absolute Gasteiger partial charge is 0.394 e. The molecule has 0 radical (unpaired) electrons. The van der Waals surface area contributed by atoms with Crippen molar-refractivity contribution in [2.45, 2.75) is 18.8 Å². The Morgan fingerprint density at radius 2 is 1.86 bits per heavy atom. The molecule has 8 nitrogen and oxygen atoms in total. The summed E-state index contributed by atoms with van der Waals surface area (Å²) in [5.41, 5.74) is 3.69. The molecule has 2 atom stereocenters. The minimum absolute atomic E-state index is 0.131. The zero-order chi connectivity index (χ0) is 20.8. The summed E-state index contributed by atoms with van der Waals surface area (Å²) in [5, 5.41) is 33.9. The number of benzene rings is 2. The monoisotopic (exact) mass is 394 g/mol. The number of hydrogen-bond donors (Lipinski definition) is 4. The van der Waals surface area contributed by atoms with Gasteiger partial charge >= 0.3 is 0 Å². The Labute approximate surface area is 167 Å². The van der Waals surface area contributed by atoms with Gasteiger partial charge in [0.2, 0.25) is 0 Å². The summed E-state index contributed by atoms with van der Waals surface area (Å²) >= 11 is 0. The van der Waals surface area contributed by atoms with Crippen LogP contribution in [0.4, 0.5) is 5.69 Å². The van der Waals surface area contributed by atoms with Crippen LogP contribution in [0, 0.1) is 0 Å². The van der Waals surface area contributed by atoms with Crippen molar-refractivity contribution in [2.24, 2.45) is 5.10 Å². The Kier molecular flexibility index (Phi) is 6.50. The molecule has 150 valence electrons. The van der Waals surface area contributed by atoms with E-state index < -0.39 is 24.4 Å². The lowest BCUT2D eigenvalue weighted by Crippen LogP contribution is -2.41. The molecule has 8 heteroatoms. The average molecular weight is 394 g/mol. The highest BCUT2D eigenvalue weighted by Crippen LogP contribution is 2.13. The molecule has 29 heavy (non-hydrogen) atoms. The number of anilines is 1. The van der Waals surface area contributed by atoms with Crippen LogP contribution in [0.5, 0.6) is 0 Å². The lowest BCUT2D eigenvalue weighted by atomic mass is 10.1. The first kappa shape index (κ1) is 20.4. The fraction of sp³-hybridized carbons (Fsp3) is 0.190. The minimum Gasteiger partial charge on any atom is -0.394 e. The van der Waals surface area contributed by atoms with Crippen LogP contribution in [-0.4, -0.2) is 49.4 Å². The SMILES string of the molecule is C=CCn1c(=O)c(/C(=N\Nc2ccccc2)C(O)C(O)CO)nc2ccccc21. The third-order valence-corrected chi connectivity index (χ3v) is 4.32. The van der Waals surface area contributed by atoms with E-state index in [4.69, 9.17) is 0 Å². The molecule has 1 aromatic heterocycles. The molecule has 2 unspecified atom stereocenters. The number of nitrogens with one attached hydrogen (secondary N) is 1. The van der Waals surface area contributed by atoms with Gasteiger partial charge in [0, 0.05) is 6.54 Å². The van der Waals surface area contributed by atoms with Gasteiger partial charge in [0.05, 0.1) is 23.3 Å². The van der Waals surface area contributed by atoms with E-state index in [0.29, 0.717) is 16.7 Å². The van der Waals surface area contributed by atoms with E-state index in [0.717, 1.165) is 0 Å². The van der Waals surface area contributed by atoms with E-state index in [-0.39, 0.29) is 18.0 Å². The van der Waals surface area contributed by atoms with Gasteiger partial charge in [-0.15, -0.1) is 6.58 Å². The molecule has 0 aliphatic rings. The number of hydrogen-bond acceptors (Lipinski definition) is 7. The highest BCUT2D eigenvalue weighted by molar-refractivity contribution is 6.03. The quantitative estimate of drug-likeness (QED) is 0.258. The maximum Gasteiger partial charge on any atom is 0.279 e. The number of hydrazone groups is 1. The van der Waals surface area contributed by atoms with Gasteiger partial charge in [-0.1, -0.05) is 36.4 Å². The number of nitrogens with zero attached hydrogens (tertiary/aromatic N) is 3. The topological polar surface area (TPSA) is 120 Å². The zero-order valence-corrected chi connectivity index (χ0v) is 15.6. The first-order chi connectivity index (χ1) is 14.1. The van der Waals surface area contributed by atoms with Crippen molar-refractivity contribution < 1.29 is 15.3 Å². The third kappa shape index (κ3) is 4.40. The maximum absolute atomic E-state index is 13.1. The number of aromatic nitrogens is 2. The number of aliphatic hydroxyl groups excluding tert-OH is 3. The molecule has 2 aromatic carbocycles. The van der Waals surface area contributed by atoms with Gasteiger partial charge in [-0.05, 0) is 24.3 Å². The second-order valence-corrected chi connectivity index (χ2v) is 6.32. The smallest absolute Gasteiger partial charge is 0.279 e. The lowest BCUT2D eigenvalue weighted by molar-refractivity contribution is 0.0184. The molecule has 0 fully saturated rings. The van der Waals surface area contributed by atoms with E-state index in [1.165, 1.54) is 4.57 Å². The van der Waals surface area contributed by atoms with Gasteiger partial charge in [-0.2, -0.15) is 5.10 Å². The highest BCUT2D eigenvalue weighted by atomic mass is 16.4. The van der Waals surface area contributed by atoms with Gasteiger partial charge in [0.1, 0.15) is 17.9 Å². The molecule has 0 aliphatic carbocycles. The van der Waals surface area contributed by atoms with Crippen molar-refractivity contribution in [1.82, 2.24) is 9.55 Å². The summed E-state index contributed by atoms with van der Waals surface area (Å²) in [6, 6.07) is 16.0. The molecule has 0 saturated carbocycles. The van der Waals surface area contributed by atoms with Crippen LogP contribution in [0.25, 0.3) is 11.0 Å². The summed E-state index contributed by atoms with van der Waals surface area (Å²) in [6.45, 7) is 3.21. The first-order valence-corrected chi connectivity index (χ1v) is 9.03. The van der Waals surface area contributed by atoms with Crippen LogP contribution in [0.15, 0.2) is 77.1 Å². The van der Waals surface area contributed by atoms with Crippen molar-refractivity contribution in [3.63, 3.8) is 0 Å². The first-order valence-electron chi connectivity index (χ1n) is 9.03. The molecule has 0 bridgehead atoms. The van der Waals surface area contributed by atoms with Crippen molar-refractivity contribution in [3.05, 3.63) is 83.3 Å². The highest BCUT2D eigenvalue weighted by Gasteiger charge is 2.27. The molecule has 0 amide bonds. The molecular formula is C21H22N4O4. The molecule has 3 aromatic rings. The third-order valence-electron chi connectivity index (χ3n) is 4.32. The lowest BCUT2D eigenvalue weighted by Gasteiger charge is -2.19. The number of aliphatic hydroxyl groups is 3. The zero-order valence-electron chi connectivity index (χ0n) is 15.6. The van der Waals surface area contributed by atoms with Gasteiger partial charge < -0.3 is 19.9 Å². The van der Waals surface area contributed by atoms with E-state index in [1.54, 1.807) is 54.6 Å². The van der Waals surface area contributed by atoms with Crippen molar-refractivity contribution in [1.29, 1.82) is 0 Å². The molecule has 0 aliphatic heterocycles. The Morgan fingerprint density at radius 3 is 2.55 bits per heavy atom. The van der Waals surface area contributed by atoms with Crippen molar-refractivity contribution >= 4 is 22.4 Å². The predicted molar refractivity (Wildman–Crippen MR) is 112 cm³/mol. The second kappa shape index (κ2) is 9.24. The summed E-state index contributed by atoms with van der Waals surface area (Å²) < 4.78 is 1.46. The standard InChI is InChI=1S/C21H22N4O4/c1-2-12-25-16-11-7-6-10-15(16)22-19(21(25)29)18(20(28)17(27)13-26)24-23-14-8-4-3-5-9-14/h2-11,17,20,23,26-28H,1,12-13H2/b24-18+. The molecule has 0 spiro atoms. The van der Waals surface area contributed by atoms with Crippen LogP contribution in [0.2, 0.25) is 0 Å². The predicted octanol–water partition coefficient (Wildman–Crippen LogP) is 1.11. The number of allylic oxidation sites excluding steroid dienone is 1. The van der Waals surface area contributed by atoms with Gasteiger partial charge in [-0.25, -0.2) is 4.98 Å². The second-order valence-electron chi connectivity index (χ2n) is 6.32. The van der Waals surface area contributed by atoms with E-state index in [2.05, 4.69) is 22.1 Å². The fourth-order valence-corrected chi connectivity index (χ4v) is 2.85. The molecule has 0 saturated heterocycles. The summed E-state index contributed by atoms with van der Waals surface area (Å²) in [5.74, 6) is 0. The minimum atomic E-state index is -1.63.